The van der Waals surface area contributed by atoms with Crippen LogP contribution >= 0.6 is 0 Å². The zero-order valence-corrected chi connectivity index (χ0v) is 10.3. The molecule has 0 unspecified atom stereocenters. The second kappa shape index (κ2) is 5.15. The minimum atomic E-state index is 0.534. The number of ether oxygens (including phenoxy) is 1. The maximum absolute atomic E-state index is 9.14. The van der Waals surface area contributed by atoms with E-state index in [0.717, 1.165) is 18.1 Å². The highest BCUT2D eigenvalue weighted by Crippen LogP contribution is 2.32. The van der Waals surface area contributed by atoms with Gasteiger partial charge in [-0.25, -0.2) is 4.98 Å². The van der Waals surface area contributed by atoms with Crippen molar-refractivity contribution in [1.82, 2.24) is 4.98 Å². The van der Waals surface area contributed by atoms with E-state index >= 15 is 0 Å². The Morgan fingerprint density at radius 3 is 2.88 bits per heavy atom. The summed E-state index contributed by atoms with van der Waals surface area (Å²) in [6.45, 7) is 3.41. The third kappa shape index (κ3) is 2.75. The molecule has 1 fully saturated rings. The summed E-state index contributed by atoms with van der Waals surface area (Å²) in [5, 5.41) is 9.14. The first-order valence-corrected chi connectivity index (χ1v) is 5.89. The van der Waals surface area contributed by atoms with E-state index < -0.39 is 0 Å². The number of aryl methyl sites for hydroxylation is 1. The van der Waals surface area contributed by atoms with E-state index in [1.807, 2.05) is 19.1 Å². The molecule has 0 aromatic carbocycles. The lowest BCUT2D eigenvalue weighted by molar-refractivity contribution is 0.204. The van der Waals surface area contributed by atoms with Crippen molar-refractivity contribution >= 4 is 5.82 Å². The zero-order valence-electron chi connectivity index (χ0n) is 10.3. The van der Waals surface area contributed by atoms with E-state index in [9.17, 15) is 0 Å². The smallest absolute Gasteiger partial charge is 0.147 e. The molecule has 0 spiro atoms. The molecule has 2 rings (SSSR count). The SMILES string of the molecule is COCCN(c1nc(C)ccc1C#N)C1CC1. The molecule has 4 nitrogen and oxygen atoms in total. The summed E-state index contributed by atoms with van der Waals surface area (Å²) in [4.78, 5) is 6.71. The molecule has 0 N–H and O–H groups in total. The molecular formula is C13H17N3O. The van der Waals surface area contributed by atoms with Gasteiger partial charge in [-0.2, -0.15) is 5.26 Å². The Labute approximate surface area is 102 Å². The molecule has 0 bridgehead atoms. The Morgan fingerprint density at radius 2 is 2.29 bits per heavy atom. The number of pyridine rings is 1. The molecule has 0 radical (unpaired) electrons. The Balaban J connectivity index is 2.27. The lowest BCUT2D eigenvalue weighted by atomic mass is 10.2. The molecule has 0 amide bonds. The summed E-state index contributed by atoms with van der Waals surface area (Å²) >= 11 is 0. The second-order valence-corrected chi connectivity index (χ2v) is 4.35. The van der Waals surface area contributed by atoms with Crippen molar-refractivity contribution in [3.8, 4) is 6.07 Å². The van der Waals surface area contributed by atoms with Crippen molar-refractivity contribution in [1.29, 1.82) is 5.26 Å². The van der Waals surface area contributed by atoms with Crippen molar-refractivity contribution in [3.63, 3.8) is 0 Å². The minimum Gasteiger partial charge on any atom is -0.383 e. The lowest BCUT2D eigenvalue weighted by Crippen LogP contribution is -2.31. The Kier molecular flexibility index (Phi) is 3.60. The monoisotopic (exact) mass is 231 g/mol. The number of rotatable bonds is 5. The lowest BCUT2D eigenvalue weighted by Gasteiger charge is -2.24. The predicted octanol–water partition coefficient (Wildman–Crippen LogP) is 1.88. The highest BCUT2D eigenvalue weighted by Gasteiger charge is 2.31. The van der Waals surface area contributed by atoms with Gasteiger partial charge < -0.3 is 9.64 Å². The van der Waals surface area contributed by atoms with E-state index in [0.29, 0.717) is 18.2 Å². The van der Waals surface area contributed by atoms with Crippen LogP contribution in [0, 0.1) is 18.3 Å². The van der Waals surface area contributed by atoms with Gasteiger partial charge in [0, 0.05) is 25.4 Å². The van der Waals surface area contributed by atoms with Crippen LogP contribution in [0.2, 0.25) is 0 Å². The molecule has 4 heteroatoms. The molecule has 1 saturated carbocycles. The van der Waals surface area contributed by atoms with Crippen molar-refractivity contribution in [3.05, 3.63) is 23.4 Å². The van der Waals surface area contributed by atoms with E-state index in [1.165, 1.54) is 12.8 Å². The minimum absolute atomic E-state index is 0.534. The highest BCUT2D eigenvalue weighted by molar-refractivity contribution is 5.55. The number of anilines is 1. The number of aromatic nitrogens is 1. The summed E-state index contributed by atoms with van der Waals surface area (Å²) in [5.74, 6) is 0.812. The molecule has 1 aliphatic carbocycles. The summed E-state index contributed by atoms with van der Waals surface area (Å²) in [6.07, 6.45) is 2.37. The summed E-state index contributed by atoms with van der Waals surface area (Å²) in [7, 11) is 1.69. The molecule has 1 aromatic heterocycles. The van der Waals surface area contributed by atoms with E-state index in [1.54, 1.807) is 7.11 Å². The quantitative estimate of drug-likeness (QED) is 0.776. The molecule has 1 aromatic rings. The molecule has 1 aliphatic rings. The number of methoxy groups -OCH3 is 1. The number of nitrogens with zero attached hydrogens (tertiary/aromatic N) is 3. The average molecular weight is 231 g/mol. The van der Waals surface area contributed by atoms with Crippen LogP contribution in [0.1, 0.15) is 24.1 Å². The van der Waals surface area contributed by atoms with E-state index in [2.05, 4.69) is 16.0 Å². The van der Waals surface area contributed by atoms with Crippen LogP contribution in [0.25, 0.3) is 0 Å². The highest BCUT2D eigenvalue weighted by atomic mass is 16.5. The topological polar surface area (TPSA) is 49.1 Å². The van der Waals surface area contributed by atoms with Crippen LogP contribution in [0.3, 0.4) is 0 Å². The van der Waals surface area contributed by atoms with Crippen molar-refractivity contribution in [2.75, 3.05) is 25.2 Å². The maximum Gasteiger partial charge on any atom is 0.147 e. The first-order valence-electron chi connectivity index (χ1n) is 5.89. The van der Waals surface area contributed by atoms with Gasteiger partial charge in [0.15, 0.2) is 0 Å². The third-order valence-corrected chi connectivity index (χ3v) is 2.93. The van der Waals surface area contributed by atoms with Gasteiger partial charge in [-0.15, -0.1) is 0 Å². The Morgan fingerprint density at radius 1 is 1.53 bits per heavy atom. The van der Waals surface area contributed by atoms with Gasteiger partial charge in [-0.05, 0) is 31.9 Å². The summed E-state index contributed by atoms with van der Waals surface area (Å²) in [5.41, 5.74) is 1.60. The van der Waals surface area contributed by atoms with Crippen LogP contribution in [-0.2, 0) is 4.74 Å². The maximum atomic E-state index is 9.14. The first kappa shape index (κ1) is 11.9. The van der Waals surface area contributed by atoms with Crippen molar-refractivity contribution in [2.24, 2.45) is 0 Å². The summed E-state index contributed by atoms with van der Waals surface area (Å²) < 4.78 is 5.12. The predicted molar refractivity (Wildman–Crippen MR) is 65.9 cm³/mol. The normalized spacial score (nSPS) is 14.4. The number of nitriles is 1. The van der Waals surface area contributed by atoms with Gasteiger partial charge >= 0.3 is 0 Å². The molecule has 0 aliphatic heterocycles. The fourth-order valence-electron chi connectivity index (χ4n) is 1.89. The molecule has 90 valence electrons. The average Bonchev–Trinajstić information content (AvgIpc) is 3.14. The third-order valence-electron chi connectivity index (χ3n) is 2.93. The van der Waals surface area contributed by atoms with Crippen LogP contribution in [0.4, 0.5) is 5.82 Å². The fourth-order valence-corrected chi connectivity index (χ4v) is 1.89. The van der Waals surface area contributed by atoms with Crippen molar-refractivity contribution in [2.45, 2.75) is 25.8 Å². The van der Waals surface area contributed by atoms with E-state index in [-0.39, 0.29) is 0 Å². The Bertz CT molecular complexity index is 435. The van der Waals surface area contributed by atoms with Crippen LogP contribution in [0.15, 0.2) is 12.1 Å². The number of hydrogen-bond donors (Lipinski definition) is 0. The van der Waals surface area contributed by atoms with Gasteiger partial charge in [0.05, 0.1) is 12.2 Å². The standard InChI is InChI=1S/C13H17N3O/c1-10-3-4-11(9-14)13(15-10)16(7-8-17-2)12-5-6-12/h3-4,12H,5-8H2,1-2H3. The fraction of sp³-hybridized carbons (Fsp3) is 0.538. The Hall–Kier alpha value is -1.60. The summed E-state index contributed by atoms with van der Waals surface area (Å²) in [6, 6.07) is 6.48. The second-order valence-electron chi connectivity index (χ2n) is 4.35. The molecular weight excluding hydrogens is 214 g/mol. The van der Waals surface area contributed by atoms with E-state index in [4.69, 9.17) is 10.00 Å². The molecule has 17 heavy (non-hydrogen) atoms. The van der Waals surface area contributed by atoms with Crippen LogP contribution < -0.4 is 4.90 Å². The largest absolute Gasteiger partial charge is 0.383 e. The van der Waals surface area contributed by atoms with Gasteiger partial charge in [0.25, 0.3) is 0 Å². The van der Waals surface area contributed by atoms with Crippen molar-refractivity contribution < 1.29 is 4.74 Å². The first-order chi connectivity index (χ1) is 8.26. The van der Waals surface area contributed by atoms with Gasteiger partial charge in [0.2, 0.25) is 0 Å². The number of hydrogen-bond acceptors (Lipinski definition) is 4. The van der Waals surface area contributed by atoms with Crippen LogP contribution in [-0.4, -0.2) is 31.3 Å². The van der Waals surface area contributed by atoms with Gasteiger partial charge in [-0.3, -0.25) is 0 Å². The molecule has 0 saturated heterocycles. The molecule has 0 atom stereocenters. The van der Waals surface area contributed by atoms with Gasteiger partial charge in [0.1, 0.15) is 11.9 Å². The van der Waals surface area contributed by atoms with Crippen LogP contribution in [0.5, 0.6) is 0 Å². The molecule has 1 heterocycles. The van der Waals surface area contributed by atoms with Gasteiger partial charge in [-0.1, -0.05) is 0 Å². The zero-order chi connectivity index (χ0) is 12.3.